The molecule has 47 heteroatoms. The van der Waals surface area contributed by atoms with Crippen LogP contribution in [0.3, 0.4) is 0 Å². The van der Waals surface area contributed by atoms with Crippen molar-refractivity contribution in [1.29, 1.82) is 0 Å². The Hall–Kier alpha value is -11.8. The van der Waals surface area contributed by atoms with Gasteiger partial charge in [0.15, 0.2) is 5.54 Å². The van der Waals surface area contributed by atoms with Gasteiger partial charge in [0.2, 0.25) is 6.04 Å². The number of carbonyl (C=O) groups is 16. The second-order valence-electron chi connectivity index (χ2n) is 39.9. The van der Waals surface area contributed by atoms with Crippen LogP contribution in [0.1, 0.15) is 209 Å². The lowest BCUT2D eigenvalue weighted by Gasteiger charge is -2.36. The van der Waals surface area contributed by atoms with E-state index in [1.54, 1.807) is 125 Å². The van der Waals surface area contributed by atoms with Crippen LogP contribution in [0.25, 0.3) is 4.85 Å². The number of carboxylic acid groups (broad SMARTS) is 2. The van der Waals surface area contributed by atoms with Gasteiger partial charge >= 0.3 is 96.4 Å². The zero-order valence-corrected chi connectivity index (χ0v) is 85.8. The molecule has 0 saturated carbocycles. The zero-order chi connectivity index (χ0) is 108. The smallest absolute Gasteiger partial charge is 0.411 e. The number of aliphatic carboxylic acids is 2. The van der Waals surface area contributed by atoms with Gasteiger partial charge in [-0.1, -0.05) is 51.1 Å². The van der Waals surface area contributed by atoms with Gasteiger partial charge in [0.25, 0.3) is 6.47 Å². The molecule has 47 nitrogen and oxygen atoms in total. The largest absolute Gasteiger partial charge is 0.480 e. The third kappa shape index (κ3) is 43.1. The van der Waals surface area contributed by atoms with Crippen molar-refractivity contribution in [1.82, 2.24) is 40.0 Å². The lowest BCUT2D eigenvalue weighted by Crippen LogP contribution is -2.57. The summed E-state index contributed by atoms with van der Waals surface area (Å²) in [7, 11) is 9.06. The molecule has 6 amide bonds. The number of benzene rings is 1. The molecule has 0 radical (unpaired) electrons. The van der Waals surface area contributed by atoms with E-state index in [2.05, 4.69) is 29.7 Å². The lowest BCUT2D eigenvalue weighted by atomic mass is 9.78. The second kappa shape index (κ2) is 57.2. The van der Waals surface area contributed by atoms with Crippen LogP contribution in [0.15, 0.2) is 30.3 Å². The Bertz CT molecular complexity index is 4170. The molecule has 8 aliphatic heterocycles. The predicted octanol–water partition coefficient (Wildman–Crippen LogP) is 6.64. The quantitative estimate of drug-likeness (QED) is 0.0395. The number of amides is 6. The van der Waals surface area contributed by atoms with Crippen molar-refractivity contribution in [3.8, 4) is 0 Å². The highest BCUT2D eigenvalue weighted by atomic mass is 16.6. The van der Waals surface area contributed by atoms with Crippen molar-refractivity contribution < 1.29 is 183 Å². The second-order valence-corrected chi connectivity index (χ2v) is 39.9. The van der Waals surface area contributed by atoms with Crippen LogP contribution in [0.4, 0.5) is 28.8 Å². The number of carboxylic acids is 2. The first-order valence-corrected chi connectivity index (χ1v) is 45.2. The normalized spacial score (nSPS) is 24.8. The molecule has 0 aromatic heterocycles. The molecule has 8 saturated heterocycles. The number of likely N-dealkylation sites (tertiary alicyclic amines) is 6. The minimum absolute atomic E-state index is 0.0177. The van der Waals surface area contributed by atoms with Gasteiger partial charge in [0, 0.05) is 64.8 Å². The van der Waals surface area contributed by atoms with Crippen molar-refractivity contribution in [3.05, 3.63) is 47.3 Å². The Morgan fingerprint density at radius 3 is 1.11 bits per heavy atom. The Balaban J connectivity index is 0.000000814. The number of β-amino-alcohol motifs (C(OH)–C–C–N with tert-alkyl or cyclic N) is 3. The molecule has 1 aromatic carbocycles. The molecule has 9 rings (SSSR count). The SMILES string of the molecule is CC(C)(C)OC(=O)N1C[C@H](OC=O)C[C@H]1C(=O)O.CCC1(C(=O)OC)CN(C(=O)OC(C)(C)C)C(COCc2ccccc2)(C(=O)OC)C1.COC(=O)[C@@H]1C[C@@H](C)CN1C(=O)OC(C)(C)C.COC(=O)[C@@H]1C[C@@H](C)CN1C(=O)OC(C)(C)C.COC(=O)[C@@H]1C[C@@H](O)CN1.COC(=O)[C@@H]1C[C@@H](O)CN1C(=O)OC(C)(C)C.O=C(O)[C@@H]1C[C@@H](O)CN1.O=C=O.[C-]#[N+][C@@H]1C[C@@H](C(=O)OC)N(C(=O)OC(C)(C)C)C1. The summed E-state index contributed by atoms with van der Waals surface area (Å²) in [4.78, 5) is 214. The molecule has 1 aromatic rings. The average Bonchev–Trinajstić information content (AvgIpc) is 1.57. The molecule has 16 atom stereocenters. The van der Waals surface area contributed by atoms with E-state index in [-0.39, 0.29) is 113 Å². The molecular weight excluding hydrogens is 1850 g/mol. The molecule has 8 heterocycles. The van der Waals surface area contributed by atoms with Crippen LogP contribution < -0.4 is 10.6 Å². The van der Waals surface area contributed by atoms with Gasteiger partial charge in [0.05, 0.1) is 106 Å². The maximum atomic E-state index is 13.1. The number of esters is 7. The maximum Gasteiger partial charge on any atom is 0.411 e. The molecular formula is C93H149N9O38. The number of methoxy groups -OCH3 is 7. The summed E-state index contributed by atoms with van der Waals surface area (Å²) in [6, 6.07) is 4.72. The fourth-order valence-electron chi connectivity index (χ4n) is 14.9. The van der Waals surface area contributed by atoms with Crippen LogP contribution in [-0.2, 0) is 135 Å². The first-order chi connectivity index (χ1) is 64.6. The van der Waals surface area contributed by atoms with E-state index in [1.807, 2.05) is 51.1 Å². The van der Waals surface area contributed by atoms with Gasteiger partial charge in [0.1, 0.15) is 88.5 Å². The maximum absolute atomic E-state index is 13.1. The Morgan fingerprint density at radius 2 is 0.793 bits per heavy atom. The highest BCUT2D eigenvalue weighted by Gasteiger charge is 2.64. The van der Waals surface area contributed by atoms with Crippen molar-refractivity contribution in [2.45, 2.75) is 322 Å². The summed E-state index contributed by atoms with van der Waals surface area (Å²) in [5.74, 6) is -4.69. The Kier molecular flexibility index (Phi) is 51.5. The Labute approximate surface area is 817 Å². The number of hydrogen-bond donors (Lipinski definition) is 7. The number of hydrogen-bond acceptors (Lipinski definition) is 38. The molecule has 0 spiro atoms. The van der Waals surface area contributed by atoms with Crippen LogP contribution >= 0.6 is 0 Å². The fraction of sp³-hybridized carbons (Fsp3) is 0.742. The van der Waals surface area contributed by atoms with Gasteiger partial charge in [-0.25, -0.2) is 64.1 Å². The van der Waals surface area contributed by atoms with E-state index in [9.17, 15) is 81.8 Å². The monoisotopic (exact) mass is 2000 g/mol. The van der Waals surface area contributed by atoms with Crippen molar-refractivity contribution >= 4 is 103 Å². The van der Waals surface area contributed by atoms with Crippen molar-refractivity contribution in [2.75, 3.05) is 109 Å². The standard InChI is InChI=1S/C23H33NO7.C12H18N2O4.2C12H21NO4.C11H17NO6.C11H19NO5.C6H11NO3.C5H9NO3.CO2/c1-7-22(18(25)28-5)14-23(19(26)29-6,16-30-13-17-11-9-8-10-12-17)24(15-22)20(27)31-21(2,3)4;1-12(2,3)18-11(16)14-7-8(13-4)6-9(14)10(15)17-5;2*1-8-6-9(10(14)16-5)13(7-8)11(15)17-12(2,3)4;1-11(2,3)18-10(16)12-5-7(17-6-13)4-8(12)9(14)15;1-11(2,3)17-10(15)12-6-7(13)5-8(12)9(14)16-4;1-10-6(9)5-2-4(8)3-7-5;7-3-1-4(5(8)9)6-2-3;2-1-3/h8-12H,7,13-16H2,1-6H3;8-9H,6-7H2,1-3,5H3;2*8-9H,6-7H2,1-5H3;6-8H,4-5H2,1-3H3,(H,14,15);7-8,13H,5-6H2,1-4H3;4-5,7-8H,2-3H2,1H3;3-4,6-7H,1-2H2,(H,8,9);/t;3*8-,9+;2*7-,8+;4-,5+;3-,4+;/m.1111111./s1. The van der Waals surface area contributed by atoms with E-state index in [0.717, 1.165) is 10.5 Å². The van der Waals surface area contributed by atoms with E-state index >= 15 is 0 Å². The summed E-state index contributed by atoms with van der Waals surface area (Å²) < 4.78 is 75.4. The lowest BCUT2D eigenvalue weighted by molar-refractivity contribution is -0.192. The first-order valence-electron chi connectivity index (χ1n) is 45.2. The van der Waals surface area contributed by atoms with Crippen LogP contribution in [0, 0.1) is 23.8 Å². The molecule has 2 unspecified atom stereocenters. The van der Waals surface area contributed by atoms with Gasteiger partial charge < -0.3 is 112 Å². The zero-order valence-electron chi connectivity index (χ0n) is 85.8. The third-order valence-electron chi connectivity index (χ3n) is 21.1. The highest BCUT2D eigenvalue weighted by molar-refractivity contribution is 5.91. The number of nitrogens with one attached hydrogen (secondary N) is 2. The number of rotatable bonds is 16. The molecule has 0 bridgehead atoms. The Morgan fingerprint density at radius 1 is 0.443 bits per heavy atom. The molecule has 140 heavy (non-hydrogen) atoms. The summed E-state index contributed by atoms with van der Waals surface area (Å²) >= 11 is 0. The van der Waals surface area contributed by atoms with Gasteiger partial charge in [-0.3, -0.25) is 48.6 Å². The molecule has 794 valence electrons. The van der Waals surface area contributed by atoms with Crippen molar-refractivity contribution in [2.24, 2.45) is 17.3 Å². The minimum atomic E-state index is -1.52. The summed E-state index contributed by atoms with van der Waals surface area (Å²) in [6.45, 7) is 47.0. The predicted molar refractivity (Wildman–Crippen MR) is 491 cm³/mol. The average molecular weight is 2000 g/mol. The fourth-order valence-corrected chi connectivity index (χ4v) is 14.9. The molecule has 7 N–H and O–H groups in total. The minimum Gasteiger partial charge on any atom is -0.480 e. The molecule has 8 fully saturated rings. The number of aliphatic hydroxyl groups excluding tert-OH is 3. The van der Waals surface area contributed by atoms with Crippen molar-refractivity contribution in [3.63, 3.8) is 0 Å². The molecule has 0 aliphatic carbocycles. The number of aliphatic hydroxyl groups is 3. The van der Waals surface area contributed by atoms with Crippen LogP contribution in [0.2, 0.25) is 0 Å². The van der Waals surface area contributed by atoms with E-state index < -0.39 is 178 Å². The first kappa shape index (κ1) is 126. The summed E-state index contributed by atoms with van der Waals surface area (Å²) in [6.07, 6.45) is -2.44. The van der Waals surface area contributed by atoms with Gasteiger partial charge in [-0.05, 0) is 161 Å². The van der Waals surface area contributed by atoms with Gasteiger partial charge in [-0.15, -0.1) is 0 Å². The van der Waals surface area contributed by atoms with E-state index in [4.69, 9.17) is 93.4 Å². The number of ether oxygens (including phenoxy) is 15. The highest BCUT2D eigenvalue weighted by Crippen LogP contribution is 2.47. The number of nitrogens with zero attached hydrogens (tertiary/aromatic N) is 7. The topological polar surface area (TPSA) is 595 Å². The number of carbonyl (C=O) groups excluding carboxylic acids is 16. The summed E-state index contributed by atoms with van der Waals surface area (Å²) in [5.41, 5.74) is -5.53. The van der Waals surface area contributed by atoms with E-state index in [1.165, 1.54) is 74.3 Å². The summed E-state index contributed by atoms with van der Waals surface area (Å²) in [5, 5.41) is 50.2. The van der Waals surface area contributed by atoms with Gasteiger partial charge in [-0.2, -0.15) is 9.59 Å². The third-order valence-corrected chi connectivity index (χ3v) is 21.1. The van der Waals surface area contributed by atoms with Crippen LogP contribution in [0.5, 0.6) is 0 Å². The van der Waals surface area contributed by atoms with E-state index in [0.29, 0.717) is 64.7 Å². The van der Waals surface area contributed by atoms with Crippen LogP contribution in [-0.4, -0.2) is 378 Å². The molecule has 8 aliphatic rings.